The van der Waals surface area contributed by atoms with E-state index in [1.54, 1.807) is 0 Å². The van der Waals surface area contributed by atoms with Crippen molar-refractivity contribution >= 4 is 0 Å². The normalized spacial score (nSPS) is 16.2. The summed E-state index contributed by atoms with van der Waals surface area (Å²) >= 11 is 0. The van der Waals surface area contributed by atoms with Crippen LogP contribution >= 0.6 is 0 Å². The molecule has 1 aliphatic rings. The average molecular weight is 323 g/mol. The Bertz CT molecular complexity index is 666. The molecule has 1 aromatic carbocycles. The first-order chi connectivity index (χ1) is 11.6. The molecule has 2 aromatic rings. The Morgan fingerprint density at radius 3 is 2.71 bits per heavy atom. The van der Waals surface area contributed by atoms with E-state index in [2.05, 4.69) is 72.4 Å². The van der Waals surface area contributed by atoms with E-state index in [-0.39, 0.29) is 0 Å². The Kier molecular flexibility index (Phi) is 5.64. The highest BCUT2D eigenvalue weighted by Gasteiger charge is 2.20. The summed E-state index contributed by atoms with van der Waals surface area (Å²) in [5.74, 6) is 0. The summed E-state index contributed by atoms with van der Waals surface area (Å²) in [4.78, 5) is 7.09. The van der Waals surface area contributed by atoms with Crippen LogP contribution in [-0.2, 0) is 25.9 Å². The van der Waals surface area contributed by atoms with E-state index in [4.69, 9.17) is 0 Å². The van der Waals surface area contributed by atoms with Gasteiger partial charge in [-0.25, -0.2) is 0 Å². The van der Waals surface area contributed by atoms with Gasteiger partial charge in [0, 0.05) is 37.9 Å². The summed E-state index contributed by atoms with van der Waals surface area (Å²) in [6.07, 6.45) is 4.20. The molecule has 0 saturated carbocycles. The fraction of sp³-hybridized carbons (Fsp3) is 0.476. The van der Waals surface area contributed by atoms with Gasteiger partial charge in [0.1, 0.15) is 0 Å². The Morgan fingerprint density at radius 2 is 1.92 bits per heavy atom. The van der Waals surface area contributed by atoms with E-state index in [0.29, 0.717) is 12.1 Å². The summed E-state index contributed by atoms with van der Waals surface area (Å²) in [5.41, 5.74) is 5.54. The van der Waals surface area contributed by atoms with Crippen LogP contribution in [0.25, 0.3) is 0 Å². The lowest BCUT2D eigenvalue weighted by atomic mass is 9.97. The van der Waals surface area contributed by atoms with Crippen LogP contribution in [0.5, 0.6) is 0 Å². The molecule has 1 aromatic heterocycles. The van der Waals surface area contributed by atoms with Crippen molar-refractivity contribution in [1.82, 2.24) is 15.2 Å². The highest BCUT2D eigenvalue weighted by molar-refractivity contribution is 5.29. The number of nitrogens with zero attached hydrogens (tertiary/aromatic N) is 2. The van der Waals surface area contributed by atoms with Gasteiger partial charge in [-0.1, -0.05) is 38.1 Å². The van der Waals surface area contributed by atoms with Crippen molar-refractivity contribution in [3.63, 3.8) is 0 Å². The van der Waals surface area contributed by atoms with Gasteiger partial charge in [0.2, 0.25) is 0 Å². The third-order valence-corrected chi connectivity index (χ3v) is 4.89. The van der Waals surface area contributed by atoms with Crippen LogP contribution in [0.1, 0.15) is 43.2 Å². The lowest BCUT2D eigenvalue weighted by Gasteiger charge is -2.33. The second kappa shape index (κ2) is 7.91. The molecule has 0 fully saturated rings. The fourth-order valence-corrected chi connectivity index (χ4v) is 3.42. The molecule has 0 aliphatic carbocycles. The standard InChI is InChI=1S/C21H29N3/c1-16(2)23-14-21-13-18(8-10-22-21)12-17(3)24-11-9-19-6-4-5-7-20(19)15-24/h4-8,10,13,16-17,23H,9,11-12,14-15H2,1-3H3. The maximum absolute atomic E-state index is 4.48. The molecule has 3 nitrogen and oxygen atoms in total. The maximum atomic E-state index is 4.48. The maximum Gasteiger partial charge on any atom is 0.0544 e. The van der Waals surface area contributed by atoms with Crippen LogP contribution in [-0.4, -0.2) is 28.5 Å². The zero-order valence-electron chi connectivity index (χ0n) is 15.1. The Balaban J connectivity index is 1.61. The molecule has 1 unspecified atom stereocenters. The van der Waals surface area contributed by atoms with E-state index in [1.165, 1.54) is 23.1 Å². The summed E-state index contributed by atoms with van der Waals surface area (Å²) in [7, 11) is 0. The molecule has 2 heterocycles. The van der Waals surface area contributed by atoms with Gasteiger partial charge >= 0.3 is 0 Å². The van der Waals surface area contributed by atoms with Gasteiger partial charge in [0.15, 0.2) is 0 Å². The van der Waals surface area contributed by atoms with Crippen molar-refractivity contribution in [1.29, 1.82) is 0 Å². The number of aromatic nitrogens is 1. The van der Waals surface area contributed by atoms with E-state index in [1.807, 2.05) is 6.20 Å². The van der Waals surface area contributed by atoms with Crippen LogP contribution in [0.2, 0.25) is 0 Å². The molecule has 1 N–H and O–H groups in total. The van der Waals surface area contributed by atoms with Gasteiger partial charge in [0.05, 0.1) is 5.69 Å². The lowest BCUT2D eigenvalue weighted by molar-refractivity contribution is 0.189. The van der Waals surface area contributed by atoms with Gasteiger partial charge in [-0.05, 0) is 48.6 Å². The van der Waals surface area contributed by atoms with E-state index in [0.717, 1.165) is 31.7 Å². The van der Waals surface area contributed by atoms with Crippen LogP contribution in [0, 0.1) is 0 Å². The monoisotopic (exact) mass is 323 g/mol. The number of hydrogen-bond acceptors (Lipinski definition) is 3. The highest BCUT2D eigenvalue weighted by atomic mass is 15.2. The van der Waals surface area contributed by atoms with E-state index in [9.17, 15) is 0 Å². The van der Waals surface area contributed by atoms with Crippen molar-refractivity contribution in [3.05, 3.63) is 65.0 Å². The number of benzene rings is 1. The van der Waals surface area contributed by atoms with Gasteiger partial charge in [-0.2, -0.15) is 0 Å². The van der Waals surface area contributed by atoms with Crippen LogP contribution in [0.4, 0.5) is 0 Å². The average Bonchev–Trinajstić information content (AvgIpc) is 2.60. The predicted molar refractivity (Wildman–Crippen MR) is 99.9 cm³/mol. The third-order valence-electron chi connectivity index (χ3n) is 4.89. The van der Waals surface area contributed by atoms with Gasteiger partial charge < -0.3 is 5.32 Å². The third kappa shape index (κ3) is 4.43. The van der Waals surface area contributed by atoms with Crippen molar-refractivity contribution in [2.45, 2.75) is 58.8 Å². The van der Waals surface area contributed by atoms with Crippen molar-refractivity contribution in [3.8, 4) is 0 Å². The van der Waals surface area contributed by atoms with Crippen molar-refractivity contribution in [2.75, 3.05) is 6.54 Å². The van der Waals surface area contributed by atoms with Gasteiger partial charge in [-0.15, -0.1) is 0 Å². The number of rotatable bonds is 6. The van der Waals surface area contributed by atoms with E-state index < -0.39 is 0 Å². The number of nitrogens with one attached hydrogen (secondary N) is 1. The number of pyridine rings is 1. The molecule has 128 valence electrons. The second-order valence-electron chi connectivity index (χ2n) is 7.23. The Labute approximate surface area is 146 Å². The minimum absolute atomic E-state index is 0.489. The molecule has 0 spiro atoms. The first kappa shape index (κ1) is 17.1. The molecule has 0 radical (unpaired) electrons. The van der Waals surface area contributed by atoms with Crippen molar-refractivity contribution in [2.24, 2.45) is 0 Å². The van der Waals surface area contributed by atoms with Gasteiger partial charge in [0.25, 0.3) is 0 Å². The fourth-order valence-electron chi connectivity index (χ4n) is 3.42. The first-order valence-electron chi connectivity index (χ1n) is 9.10. The Morgan fingerprint density at radius 1 is 1.12 bits per heavy atom. The lowest BCUT2D eigenvalue weighted by Crippen LogP contribution is -2.38. The molecule has 24 heavy (non-hydrogen) atoms. The number of fused-ring (bicyclic) bond motifs is 1. The summed E-state index contributed by atoms with van der Waals surface area (Å²) < 4.78 is 0. The first-order valence-corrected chi connectivity index (χ1v) is 9.10. The van der Waals surface area contributed by atoms with Gasteiger partial charge in [-0.3, -0.25) is 9.88 Å². The zero-order chi connectivity index (χ0) is 16.9. The molecular formula is C21H29N3. The largest absolute Gasteiger partial charge is 0.309 e. The molecule has 1 aliphatic heterocycles. The van der Waals surface area contributed by atoms with Crippen LogP contribution in [0.3, 0.4) is 0 Å². The molecule has 0 saturated heterocycles. The zero-order valence-corrected chi connectivity index (χ0v) is 15.1. The molecule has 0 bridgehead atoms. The SMILES string of the molecule is CC(C)NCc1cc(CC(C)N2CCc3ccccc3C2)ccn1. The molecule has 1 atom stereocenters. The Hall–Kier alpha value is -1.71. The topological polar surface area (TPSA) is 28.2 Å². The summed E-state index contributed by atoms with van der Waals surface area (Å²) in [5, 5.41) is 3.44. The summed E-state index contributed by atoms with van der Waals surface area (Å²) in [6.45, 7) is 9.76. The van der Waals surface area contributed by atoms with Crippen LogP contribution in [0.15, 0.2) is 42.6 Å². The second-order valence-corrected chi connectivity index (χ2v) is 7.23. The minimum atomic E-state index is 0.489. The number of hydrogen-bond donors (Lipinski definition) is 1. The smallest absolute Gasteiger partial charge is 0.0544 e. The summed E-state index contributed by atoms with van der Waals surface area (Å²) in [6, 6.07) is 14.3. The van der Waals surface area contributed by atoms with Crippen molar-refractivity contribution < 1.29 is 0 Å². The molecule has 3 heteroatoms. The predicted octanol–water partition coefficient (Wildman–Crippen LogP) is 3.57. The van der Waals surface area contributed by atoms with E-state index >= 15 is 0 Å². The molecule has 3 rings (SSSR count). The highest BCUT2D eigenvalue weighted by Crippen LogP contribution is 2.21. The molecule has 0 amide bonds. The molecular weight excluding hydrogens is 294 g/mol. The van der Waals surface area contributed by atoms with Crippen LogP contribution < -0.4 is 5.32 Å². The minimum Gasteiger partial charge on any atom is -0.309 e. The quantitative estimate of drug-likeness (QED) is 0.881.